The molecule has 0 saturated heterocycles. The van der Waals surface area contributed by atoms with Crippen LogP contribution in [0.1, 0.15) is 72.4 Å². The van der Waals surface area contributed by atoms with Gasteiger partial charge in [-0.15, -0.1) is 0 Å². The molecule has 1 aliphatic heterocycles. The summed E-state index contributed by atoms with van der Waals surface area (Å²) >= 11 is 0. The lowest BCUT2D eigenvalue weighted by molar-refractivity contribution is -0.140. The third kappa shape index (κ3) is 4.85. The average molecular weight is 539 g/mol. The van der Waals surface area contributed by atoms with Crippen molar-refractivity contribution in [1.82, 2.24) is 14.9 Å². The summed E-state index contributed by atoms with van der Waals surface area (Å²) in [5.41, 5.74) is 8.86. The topological polar surface area (TPSA) is 94.5 Å². The first-order chi connectivity index (χ1) is 18.3. The van der Waals surface area contributed by atoms with Gasteiger partial charge in [0.2, 0.25) is 5.89 Å². The van der Waals surface area contributed by atoms with Crippen LogP contribution in [0.15, 0.2) is 46.9 Å². The highest BCUT2D eigenvalue weighted by Crippen LogP contribution is 2.38. The van der Waals surface area contributed by atoms with Crippen molar-refractivity contribution in [1.29, 1.82) is 0 Å². The van der Waals surface area contributed by atoms with E-state index in [4.69, 9.17) is 14.9 Å². The van der Waals surface area contributed by atoms with E-state index in [0.717, 1.165) is 17.2 Å². The Kier molecular flexibility index (Phi) is 6.41. The van der Waals surface area contributed by atoms with Crippen molar-refractivity contribution < 1.29 is 27.1 Å². The van der Waals surface area contributed by atoms with Crippen LogP contribution in [0.2, 0.25) is 0 Å². The van der Waals surface area contributed by atoms with Gasteiger partial charge in [0.25, 0.3) is 5.91 Å². The SMILES string of the molecule is COc1ccc(-c2nc(C(=O)N3Cc4ccc(C(C)(C)C)cc4C3)c([C@H](C)N)o2)c2ccc(C(F)(F)F)nc12. The van der Waals surface area contributed by atoms with Gasteiger partial charge in [-0.3, -0.25) is 4.79 Å². The molecule has 1 aliphatic rings. The number of nitrogens with zero attached hydrogens (tertiary/aromatic N) is 3. The second-order valence-corrected chi connectivity index (χ2v) is 10.8. The lowest BCUT2D eigenvalue weighted by atomic mass is 9.85. The van der Waals surface area contributed by atoms with Gasteiger partial charge in [0.15, 0.2) is 11.5 Å². The molecule has 0 aliphatic carbocycles. The van der Waals surface area contributed by atoms with E-state index in [0.29, 0.717) is 24.0 Å². The van der Waals surface area contributed by atoms with E-state index in [-0.39, 0.29) is 39.9 Å². The number of carbonyl (C=O) groups is 1. The van der Waals surface area contributed by atoms with Gasteiger partial charge < -0.3 is 19.8 Å². The predicted octanol–water partition coefficient (Wildman–Crippen LogP) is 6.39. The number of aromatic nitrogens is 2. The molecule has 0 bridgehead atoms. The highest BCUT2D eigenvalue weighted by atomic mass is 19.4. The number of nitrogens with two attached hydrogens (primary N) is 1. The van der Waals surface area contributed by atoms with E-state index in [2.05, 4.69) is 48.9 Å². The monoisotopic (exact) mass is 538 g/mol. The number of oxazole rings is 1. The summed E-state index contributed by atoms with van der Waals surface area (Å²) in [4.78, 5) is 23.7. The molecule has 0 radical (unpaired) electrons. The maximum Gasteiger partial charge on any atom is 0.433 e. The number of pyridine rings is 1. The summed E-state index contributed by atoms with van der Waals surface area (Å²) in [7, 11) is 1.35. The second kappa shape index (κ2) is 9.37. The van der Waals surface area contributed by atoms with Crippen molar-refractivity contribution in [2.75, 3.05) is 7.11 Å². The number of fused-ring (bicyclic) bond motifs is 2. The van der Waals surface area contributed by atoms with Crippen molar-refractivity contribution in [2.45, 2.75) is 58.4 Å². The first-order valence-electron chi connectivity index (χ1n) is 12.5. The fourth-order valence-electron chi connectivity index (χ4n) is 4.76. The van der Waals surface area contributed by atoms with Gasteiger partial charge in [-0.25, -0.2) is 9.97 Å². The maximum absolute atomic E-state index is 13.7. The summed E-state index contributed by atoms with van der Waals surface area (Å²) in [6, 6.07) is 10.9. The summed E-state index contributed by atoms with van der Waals surface area (Å²) in [6.45, 7) is 8.95. The molecule has 2 aromatic heterocycles. The van der Waals surface area contributed by atoms with Crippen LogP contribution in [-0.4, -0.2) is 27.9 Å². The molecule has 0 fully saturated rings. The minimum absolute atomic E-state index is 0.00268. The van der Waals surface area contributed by atoms with Gasteiger partial charge in [-0.05, 0) is 53.3 Å². The minimum atomic E-state index is -4.62. The van der Waals surface area contributed by atoms with Gasteiger partial charge in [0.05, 0.1) is 13.2 Å². The van der Waals surface area contributed by atoms with Gasteiger partial charge >= 0.3 is 6.18 Å². The van der Waals surface area contributed by atoms with E-state index in [1.165, 1.54) is 24.8 Å². The highest BCUT2D eigenvalue weighted by molar-refractivity contribution is 5.98. The van der Waals surface area contributed by atoms with Crippen LogP contribution in [0, 0.1) is 0 Å². The van der Waals surface area contributed by atoms with Gasteiger partial charge in [0, 0.05) is 24.0 Å². The molecule has 4 aromatic rings. The lowest BCUT2D eigenvalue weighted by Gasteiger charge is -2.19. The summed E-state index contributed by atoms with van der Waals surface area (Å²) in [5.74, 6) is 0.0949. The zero-order valence-electron chi connectivity index (χ0n) is 22.3. The summed E-state index contributed by atoms with van der Waals surface area (Å²) in [5, 5.41) is 0.335. The van der Waals surface area contributed by atoms with E-state index in [1.807, 2.05) is 0 Å². The van der Waals surface area contributed by atoms with Crippen LogP contribution >= 0.6 is 0 Å². The average Bonchev–Trinajstić information content (AvgIpc) is 3.51. The highest BCUT2D eigenvalue weighted by Gasteiger charge is 2.34. The Balaban J connectivity index is 1.54. The first kappa shape index (κ1) is 26.7. The number of alkyl halides is 3. The van der Waals surface area contributed by atoms with Crippen molar-refractivity contribution in [3.8, 4) is 17.2 Å². The van der Waals surface area contributed by atoms with Crippen molar-refractivity contribution in [3.63, 3.8) is 0 Å². The molecule has 7 nitrogen and oxygen atoms in total. The first-order valence-corrected chi connectivity index (χ1v) is 12.5. The fourth-order valence-corrected chi connectivity index (χ4v) is 4.76. The smallest absolute Gasteiger partial charge is 0.433 e. The number of hydrogen-bond acceptors (Lipinski definition) is 6. The molecular weight excluding hydrogens is 509 g/mol. The number of halogens is 3. The number of hydrogen-bond donors (Lipinski definition) is 1. The third-order valence-corrected chi connectivity index (χ3v) is 6.91. The largest absolute Gasteiger partial charge is 0.494 e. The molecule has 0 saturated carbocycles. The Labute approximate surface area is 223 Å². The van der Waals surface area contributed by atoms with Crippen LogP contribution in [0.25, 0.3) is 22.4 Å². The molecule has 39 heavy (non-hydrogen) atoms. The third-order valence-electron chi connectivity index (χ3n) is 6.91. The molecule has 2 N–H and O–H groups in total. The van der Waals surface area contributed by atoms with Gasteiger partial charge in [-0.2, -0.15) is 13.2 Å². The second-order valence-electron chi connectivity index (χ2n) is 10.8. The molecule has 204 valence electrons. The summed E-state index contributed by atoms with van der Waals surface area (Å²) in [6.07, 6.45) is -4.62. The molecule has 2 aromatic carbocycles. The molecule has 10 heteroatoms. The fraction of sp³-hybridized carbons (Fsp3) is 0.345. The van der Waals surface area contributed by atoms with Crippen molar-refractivity contribution in [2.24, 2.45) is 5.73 Å². The van der Waals surface area contributed by atoms with Crippen LogP contribution in [0.5, 0.6) is 5.75 Å². The van der Waals surface area contributed by atoms with Crippen LogP contribution < -0.4 is 10.5 Å². The zero-order valence-corrected chi connectivity index (χ0v) is 22.3. The standard InChI is InChI=1S/C29H29F3N4O3/c1-15(33)25-24(27(37)36-13-16-6-7-18(28(2,3)4)12-17(16)14-36)35-26(39-25)20-8-10-21(38-5)23-19(20)9-11-22(34-23)29(30,31)32/h6-12,15H,13-14,33H2,1-5H3/t15-/m0/s1. The zero-order chi connectivity index (χ0) is 28.3. The molecule has 0 unspecified atom stereocenters. The Morgan fingerprint density at radius 2 is 1.77 bits per heavy atom. The number of rotatable bonds is 4. The van der Waals surface area contributed by atoms with Crippen molar-refractivity contribution >= 4 is 16.8 Å². The minimum Gasteiger partial charge on any atom is -0.494 e. The number of carbonyl (C=O) groups excluding carboxylic acids is 1. The normalized spacial score (nSPS) is 14.5. The van der Waals surface area contributed by atoms with Crippen LogP contribution in [0.4, 0.5) is 13.2 Å². The number of methoxy groups -OCH3 is 1. The summed E-state index contributed by atoms with van der Waals surface area (Å²) < 4.78 is 51.3. The number of benzene rings is 2. The van der Waals surface area contributed by atoms with Crippen LogP contribution in [-0.2, 0) is 24.7 Å². The van der Waals surface area contributed by atoms with E-state index in [1.54, 1.807) is 17.9 Å². The number of ether oxygens (including phenoxy) is 1. The molecule has 3 heterocycles. The Hall–Kier alpha value is -3.92. The molecular formula is C29H29F3N4O3. The van der Waals surface area contributed by atoms with Gasteiger partial charge in [-0.1, -0.05) is 39.0 Å². The van der Waals surface area contributed by atoms with E-state index in [9.17, 15) is 18.0 Å². The van der Waals surface area contributed by atoms with Crippen molar-refractivity contribution in [3.05, 3.63) is 76.3 Å². The van der Waals surface area contributed by atoms with Crippen LogP contribution in [0.3, 0.4) is 0 Å². The van der Waals surface area contributed by atoms with E-state index >= 15 is 0 Å². The molecule has 0 spiro atoms. The Bertz CT molecular complexity index is 1590. The Morgan fingerprint density at radius 1 is 1.05 bits per heavy atom. The lowest BCUT2D eigenvalue weighted by Crippen LogP contribution is -2.27. The molecule has 1 atom stereocenters. The van der Waals surface area contributed by atoms with E-state index < -0.39 is 17.9 Å². The Morgan fingerprint density at radius 3 is 2.41 bits per heavy atom. The predicted molar refractivity (Wildman–Crippen MR) is 140 cm³/mol. The molecule has 1 amide bonds. The molecule has 5 rings (SSSR count). The quantitative estimate of drug-likeness (QED) is 0.324. The number of amides is 1. The maximum atomic E-state index is 13.7. The van der Waals surface area contributed by atoms with Gasteiger partial charge in [0.1, 0.15) is 17.0 Å².